The highest BCUT2D eigenvalue weighted by Gasteiger charge is 2.20. The summed E-state index contributed by atoms with van der Waals surface area (Å²) >= 11 is 3.45. The summed E-state index contributed by atoms with van der Waals surface area (Å²) in [5.74, 6) is 0. The van der Waals surface area contributed by atoms with E-state index in [0.29, 0.717) is 12.1 Å². The molecule has 0 aromatic heterocycles. The number of methoxy groups -OCH3 is 1. The SMILES string of the molecule is COC1CCCC(NCCCCBr)C1. The maximum atomic E-state index is 5.40. The highest BCUT2D eigenvalue weighted by atomic mass is 79.9. The molecule has 0 aromatic carbocycles. The molecule has 2 atom stereocenters. The molecule has 0 saturated heterocycles. The van der Waals surface area contributed by atoms with Crippen LogP contribution in [0.5, 0.6) is 0 Å². The number of nitrogens with one attached hydrogen (secondary N) is 1. The molecule has 1 aliphatic rings. The predicted octanol–water partition coefficient (Wildman–Crippen LogP) is 2.71. The van der Waals surface area contributed by atoms with Gasteiger partial charge in [-0.05, 0) is 45.1 Å². The van der Waals surface area contributed by atoms with Gasteiger partial charge in [0, 0.05) is 18.5 Å². The van der Waals surface area contributed by atoms with Crippen molar-refractivity contribution in [2.75, 3.05) is 19.0 Å². The van der Waals surface area contributed by atoms with E-state index in [1.807, 2.05) is 7.11 Å². The molecule has 2 unspecified atom stereocenters. The molecular weight excluding hydrogens is 242 g/mol. The molecule has 1 N–H and O–H groups in total. The topological polar surface area (TPSA) is 21.3 Å². The fourth-order valence-electron chi connectivity index (χ4n) is 2.07. The normalized spacial score (nSPS) is 27.9. The Hall–Kier alpha value is 0.400. The molecule has 0 heterocycles. The van der Waals surface area contributed by atoms with Gasteiger partial charge in [0.05, 0.1) is 6.10 Å². The lowest BCUT2D eigenvalue weighted by molar-refractivity contribution is 0.0589. The summed E-state index contributed by atoms with van der Waals surface area (Å²) in [4.78, 5) is 0. The van der Waals surface area contributed by atoms with Crippen molar-refractivity contribution in [2.45, 2.75) is 50.7 Å². The van der Waals surface area contributed by atoms with Crippen LogP contribution in [0.15, 0.2) is 0 Å². The van der Waals surface area contributed by atoms with Gasteiger partial charge in [-0.15, -0.1) is 0 Å². The minimum atomic E-state index is 0.498. The summed E-state index contributed by atoms with van der Waals surface area (Å²) in [5.41, 5.74) is 0. The van der Waals surface area contributed by atoms with Gasteiger partial charge in [-0.2, -0.15) is 0 Å². The van der Waals surface area contributed by atoms with Gasteiger partial charge in [0.1, 0.15) is 0 Å². The Kier molecular flexibility index (Phi) is 6.82. The second-order valence-corrected chi connectivity index (χ2v) is 4.86. The second-order valence-electron chi connectivity index (χ2n) is 4.07. The highest BCUT2D eigenvalue weighted by Crippen LogP contribution is 2.20. The lowest BCUT2D eigenvalue weighted by Crippen LogP contribution is -2.37. The van der Waals surface area contributed by atoms with E-state index in [1.54, 1.807) is 0 Å². The number of unbranched alkanes of at least 4 members (excludes halogenated alkanes) is 1. The van der Waals surface area contributed by atoms with Crippen LogP contribution < -0.4 is 5.32 Å². The third-order valence-corrected chi connectivity index (χ3v) is 3.51. The summed E-state index contributed by atoms with van der Waals surface area (Å²) in [7, 11) is 1.83. The van der Waals surface area contributed by atoms with Crippen LogP contribution in [0.2, 0.25) is 0 Å². The van der Waals surface area contributed by atoms with Crippen molar-refractivity contribution in [1.82, 2.24) is 5.32 Å². The molecule has 3 heteroatoms. The Labute approximate surface area is 95.9 Å². The molecule has 0 bridgehead atoms. The smallest absolute Gasteiger partial charge is 0.0586 e. The molecule has 1 saturated carbocycles. The molecule has 1 fully saturated rings. The van der Waals surface area contributed by atoms with E-state index in [2.05, 4.69) is 21.2 Å². The van der Waals surface area contributed by atoms with Crippen molar-refractivity contribution in [2.24, 2.45) is 0 Å². The van der Waals surface area contributed by atoms with E-state index in [9.17, 15) is 0 Å². The van der Waals surface area contributed by atoms with Crippen molar-refractivity contribution in [3.8, 4) is 0 Å². The van der Waals surface area contributed by atoms with Crippen molar-refractivity contribution < 1.29 is 4.74 Å². The standard InChI is InChI=1S/C11H22BrNO/c1-14-11-6-4-5-10(9-11)13-8-3-2-7-12/h10-11,13H,2-9H2,1H3. The first kappa shape index (κ1) is 12.5. The van der Waals surface area contributed by atoms with E-state index in [1.165, 1.54) is 38.5 Å². The van der Waals surface area contributed by atoms with E-state index >= 15 is 0 Å². The fourth-order valence-corrected chi connectivity index (χ4v) is 2.47. The Morgan fingerprint density at radius 2 is 2.21 bits per heavy atom. The third kappa shape index (κ3) is 4.76. The van der Waals surface area contributed by atoms with Crippen LogP contribution in [0.25, 0.3) is 0 Å². The summed E-state index contributed by atoms with van der Waals surface area (Å²) in [6.45, 7) is 1.16. The van der Waals surface area contributed by atoms with Crippen LogP contribution in [0, 0.1) is 0 Å². The van der Waals surface area contributed by atoms with Gasteiger partial charge in [-0.25, -0.2) is 0 Å². The van der Waals surface area contributed by atoms with Gasteiger partial charge in [-0.1, -0.05) is 15.9 Å². The molecule has 0 radical (unpaired) electrons. The quantitative estimate of drug-likeness (QED) is 0.588. The van der Waals surface area contributed by atoms with Crippen molar-refractivity contribution in [3.63, 3.8) is 0 Å². The summed E-state index contributed by atoms with van der Waals surface area (Å²) in [6, 6.07) is 0.698. The first-order valence-electron chi connectivity index (χ1n) is 5.69. The number of halogens is 1. The minimum absolute atomic E-state index is 0.498. The number of alkyl halides is 1. The van der Waals surface area contributed by atoms with Crippen LogP contribution >= 0.6 is 15.9 Å². The maximum absolute atomic E-state index is 5.40. The lowest BCUT2D eigenvalue weighted by atomic mass is 9.93. The third-order valence-electron chi connectivity index (χ3n) is 2.95. The maximum Gasteiger partial charge on any atom is 0.0586 e. The number of rotatable bonds is 6. The van der Waals surface area contributed by atoms with Crippen molar-refractivity contribution in [1.29, 1.82) is 0 Å². The van der Waals surface area contributed by atoms with Crippen LogP contribution in [0.3, 0.4) is 0 Å². The number of ether oxygens (including phenoxy) is 1. The molecule has 84 valence electrons. The zero-order chi connectivity index (χ0) is 10.2. The average molecular weight is 264 g/mol. The Balaban J connectivity index is 2.05. The van der Waals surface area contributed by atoms with Gasteiger partial charge < -0.3 is 10.1 Å². The monoisotopic (exact) mass is 263 g/mol. The van der Waals surface area contributed by atoms with Crippen LogP contribution in [-0.2, 0) is 4.74 Å². The zero-order valence-corrected chi connectivity index (χ0v) is 10.7. The van der Waals surface area contributed by atoms with Crippen LogP contribution in [-0.4, -0.2) is 31.1 Å². The molecule has 1 rings (SSSR count). The molecule has 0 spiro atoms. The molecule has 2 nitrogen and oxygen atoms in total. The van der Waals surface area contributed by atoms with E-state index in [-0.39, 0.29) is 0 Å². The zero-order valence-electron chi connectivity index (χ0n) is 9.10. The van der Waals surface area contributed by atoms with Gasteiger partial charge in [0.15, 0.2) is 0 Å². The molecule has 0 aliphatic heterocycles. The van der Waals surface area contributed by atoms with E-state index < -0.39 is 0 Å². The van der Waals surface area contributed by atoms with Crippen LogP contribution in [0.1, 0.15) is 38.5 Å². The number of hydrogen-bond acceptors (Lipinski definition) is 2. The minimum Gasteiger partial charge on any atom is -0.381 e. The van der Waals surface area contributed by atoms with E-state index in [4.69, 9.17) is 4.74 Å². The molecular formula is C11H22BrNO. The summed E-state index contributed by atoms with van der Waals surface area (Å²) < 4.78 is 5.40. The average Bonchev–Trinajstić information content (AvgIpc) is 2.25. The lowest BCUT2D eigenvalue weighted by Gasteiger charge is -2.28. The number of hydrogen-bond donors (Lipinski definition) is 1. The van der Waals surface area contributed by atoms with Crippen molar-refractivity contribution in [3.05, 3.63) is 0 Å². The van der Waals surface area contributed by atoms with Gasteiger partial charge >= 0.3 is 0 Å². The Morgan fingerprint density at radius 3 is 2.93 bits per heavy atom. The highest BCUT2D eigenvalue weighted by molar-refractivity contribution is 9.09. The molecule has 0 aromatic rings. The Bertz CT molecular complexity index is 143. The second kappa shape index (κ2) is 7.66. The van der Waals surface area contributed by atoms with E-state index in [0.717, 1.165) is 11.9 Å². The fraction of sp³-hybridized carbons (Fsp3) is 1.00. The predicted molar refractivity (Wildman–Crippen MR) is 64.1 cm³/mol. The largest absolute Gasteiger partial charge is 0.381 e. The first-order chi connectivity index (χ1) is 6.86. The molecule has 14 heavy (non-hydrogen) atoms. The summed E-state index contributed by atoms with van der Waals surface area (Å²) in [5, 5.41) is 4.74. The summed E-state index contributed by atoms with van der Waals surface area (Å²) in [6.07, 6.45) is 8.13. The molecule has 1 aliphatic carbocycles. The van der Waals surface area contributed by atoms with Gasteiger partial charge in [0.2, 0.25) is 0 Å². The van der Waals surface area contributed by atoms with Gasteiger partial charge in [0.25, 0.3) is 0 Å². The van der Waals surface area contributed by atoms with Crippen LogP contribution in [0.4, 0.5) is 0 Å². The van der Waals surface area contributed by atoms with Gasteiger partial charge in [-0.3, -0.25) is 0 Å². The molecule has 0 amide bonds. The van der Waals surface area contributed by atoms with Crippen molar-refractivity contribution >= 4 is 15.9 Å². The first-order valence-corrected chi connectivity index (χ1v) is 6.81. The Morgan fingerprint density at radius 1 is 1.36 bits per heavy atom.